The molecule has 35 heavy (non-hydrogen) atoms. The van der Waals surface area contributed by atoms with Crippen molar-refractivity contribution in [3.05, 3.63) is 52.3 Å². The van der Waals surface area contributed by atoms with Crippen LogP contribution in [0.4, 0.5) is 39.8 Å². The van der Waals surface area contributed by atoms with Crippen molar-refractivity contribution in [3.8, 4) is 0 Å². The molecule has 0 saturated carbocycles. The summed E-state index contributed by atoms with van der Waals surface area (Å²) >= 11 is 5.96. The van der Waals surface area contributed by atoms with Crippen molar-refractivity contribution in [1.82, 2.24) is 0 Å². The average molecular weight is 516 g/mol. The van der Waals surface area contributed by atoms with Gasteiger partial charge in [0.05, 0.1) is 22.0 Å². The average Bonchev–Trinajstić information content (AvgIpc) is 2.67. The normalized spacial score (nSPS) is 11.5. The summed E-state index contributed by atoms with van der Waals surface area (Å²) in [6, 6.07) is 3.91. The maximum atomic E-state index is 15.0. The first-order valence-corrected chi connectivity index (χ1v) is 10.6. The summed E-state index contributed by atoms with van der Waals surface area (Å²) in [5, 5.41) is 5.83. The first-order valence-electron chi connectivity index (χ1n) is 10.3. The monoisotopic (exact) mass is 515 g/mol. The molecule has 190 valence electrons. The Kier molecular flexibility index (Phi) is 8.27. The Morgan fingerprint density at radius 2 is 1.23 bits per heavy atom. The lowest BCUT2D eigenvalue weighted by Crippen LogP contribution is -2.28. The number of anilines is 3. The van der Waals surface area contributed by atoms with Gasteiger partial charge < -0.3 is 14.8 Å². The molecule has 3 amide bonds. The third-order valence-electron chi connectivity index (χ3n) is 3.92. The van der Waals surface area contributed by atoms with Crippen molar-refractivity contribution in [2.24, 2.45) is 0 Å². The summed E-state index contributed by atoms with van der Waals surface area (Å²) in [6.07, 6.45) is -2.11. The van der Waals surface area contributed by atoms with Gasteiger partial charge in [-0.05, 0) is 65.8 Å². The van der Waals surface area contributed by atoms with Crippen molar-refractivity contribution >= 4 is 46.8 Å². The smallest absolute Gasteiger partial charge is 0.412 e. The molecular weight excluding hydrogens is 491 g/mol. The minimum absolute atomic E-state index is 0.343. The summed E-state index contributed by atoms with van der Waals surface area (Å²) in [5.41, 5.74) is -4.40. The van der Waals surface area contributed by atoms with Crippen molar-refractivity contribution < 1.29 is 37.0 Å². The third-order valence-corrected chi connectivity index (χ3v) is 4.23. The molecular formula is C23H25ClF3N3O5. The van der Waals surface area contributed by atoms with Crippen molar-refractivity contribution in [2.75, 3.05) is 16.0 Å². The molecule has 0 aliphatic carbocycles. The lowest BCUT2D eigenvalue weighted by molar-refractivity contribution is 0.0623. The highest BCUT2D eigenvalue weighted by molar-refractivity contribution is 6.34. The molecule has 2 aromatic rings. The van der Waals surface area contributed by atoms with Gasteiger partial charge in [-0.1, -0.05) is 11.6 Å². The molecule has 0 bridgehead atoms. The van der Waals surface area contributed by atoms with Gasteiger partial charge in [0.15, 0.2) is 11.6 Å². The van der Waals surface area contributed by atoms with Gasteiger partial charge in [-0.2, -0.15) is 0 Å². The summed E-state index contributed by atoms with van der Waals surface area (Å²) in [5.74, 6) is -4.90. The Morgan fingerprint density at radius 3 is 1.77 bits per heavy atom. The molecule has 0 saturated heterocycles. The molecule has 0 aliphatic rings. The van der Waals surface area contributed by atoms with Crippen LogP contribution in [-0.2, 0) is 9.47 Å². The molecule has 0 heterocycles. The molecule has 0 atom stereocenters. The van der Waals surface area contributed by atoms with Crippen molar-refractivity contribution in [2.45, 2.75) is 52.7 Å². The van der Waals surface area contributed by atoms with E-state index in [1.165, 1.54) is 0 Å². The maximum Gasteiger partial charge on any atom is 0.412 e. The van der Waals surface area contributed by atoms with E-state index in [0.29, 0.717) is 0 Å². The predicted molar refractivity (Wildman–Crippen MR) is 125 cm³/mol. The largest absolute Gasteiger partial charge is 0.444 e. The Labute approximate surface area is 205 Å². The number of hydrogen-bond acceptors (Lipinski definition) is 5. The van der Waals surface area contributed by atoms with Crippen LogP contribution in [-0.4, -0.2) is 29.3 Å². The number of rotatable bonds is 4. The van der Waals surface area contributed by atoms with Crippen LogP contribution in [0.15, 0.2) is 24.3 Å². The Balaban J connectivity index is 2.31. The Hall–Kier alpha value is -3.47. The van der Waals surface area contributed by atoms with Crippen LogP contribution in [0.3, 0.4) is 0 Å². The Bertz CT molecular complexity index is 1160. The number of hydrogen-bond donors (Lipinski definition) is 3. The maximum absolute atomic E-state index is 15.0. The van der Waals surface area contributed by atoms with Gasteiger partial charge in [0.1, 0.15) is 22.7 Å². The summed E-state index contributed by atoms with van der Waals surface area (Å²) in [6.45, 7) is 9.48. The van der Waals surface area contributed by atoms with E-state index in [0.717, 1.165) is 24.3 Å². The first kappa shape index (κ1) is 27.8. The van der Waals surface area contributed by atoms with E-state index in [2.05, 4.69) is 10.6 Å². The van der Waals surface area contributed by atoms with Crippen molar-refractivity contribution in [1.29, 1.82) is 0 Å². The number of halogens is 4. The molecule has 2 rings (SSSR count). The standard InChI is InChI=1S/C23H25ClF3N3O5/c1-22(2,3)34-20(32)29-13-9-7-11(24)15(16(13)26)19(31)28-14-10-8-12(25)18(17(14)27)30-21(33)35-23(4,5)6/h7-10H,1-6H3,(H,28,31)(H,29,32)(H,30,33). The molecule has 0 unspecified atom stereocenters. The summed E-state index contributed by atoms with van der Waals surface area (Å²) in [4.78, 5) is 36.6. The van der Waals surface area contributed by atoms with Gasteiger partial charge in [0, 0.05) is 0 Å². The van der Waals surface area contributed by atoms with Crippen LogP contribution in [0.1, 0.15) is 51.9 Å². The van der Waals surface area contributed by atoms with Crippen LogP contribution in [0, 0.1) is 17.5 Å². The van der Waals surface area contributed by atoms with Gasteiger partial charge in [0.2, 0.25) is 0 Å². The highest BCUT2D eigenvalue weighted by Gasteiger charge is 2.25. The van der Waals surface area contributed by atoms with Gasteiger partial charge in [-0.25, -0.2) is 22.8 Å². The molecule has 0 radical (unpaired) electrons. The fraction of sp³-hybridized carbons (Fsp3) is 0.348. The summed E-state index contributed by atoms with van der Waals surface area (Å²) in [7, 11) is 0. The predicted octanol–water partition coefficient (Wildman–Crippen LogP) is 6.70. The van der Waals surface area contributed by atoms with E-state index in [1.54, 1.807) is 41.5 Å². The lowest BCUT2D eigenvalue weighted by atomic mass is 10.1. The van der Waals surface area contributed by atoms with Crippen molar-refractivity contribution in [3.63, 3.8) is 0 Å². The van der Waals surface area contributed by atoms with Gasteiger partial charge in [0.25, 0.3) is 5.91 Å². The van der Waals surface area contributed by atoms with E-state index < -0.39 is 69.4 Å². The zero-order valence-electron chi connectivity index (χ0n) is 19.9. The Morgan fingerprint density at radius 1 is 0.743 bits per heavy atom. The molecule has 3 N–H and O–H groups in total. The quantitative estimate of drug-likeness (QED) is 0.420. The van der Waals surface area contributed by atoms with E-state index >= 15 is 4.39 Å². The fourth-order valence-electron chi connectivity index (χ4n) is 2.62. The number of ether oxygens (including phenoxy) is 2. The van der Waals surface area contributed by atoms with E-state index in [1.807, 2.05) is 5.32 Å². The topological polar surface area (TPSA) is 106 Å². The molecule has 2 aromatic carbocycles. The minimum Gasteiger partial charge on any atom is -0.444 e. The first-order chi connectivity index (χ1) is 16.0. The van der Waals surface area contributed by atoms with Crippen LogP contribution in [0.25, 0.3) is 0 Å². The fourth-order valence-corrected chi connectivity index (χ4v) is 2.86. The van der Waals surface area contributed by atoms with E-state index in [4.69, 9.17) is 21.1 Å². The van der Waals surface area contributed by atoms with E-state index in [9.17, 15) is 23.2 Å². The lowest BCUT2D eigenvalue weighted by Gasteiger charge is -2.20. The SMILES string of the molecule is CC(C)(C)OC(=O)Nc1ccc(Cl)c(C(=O)Nc2ccc(F)c(NC(=O)OC(C)(C)C)c2F)c1F. The number of nitrogens with one attached hydrogen (secondary N) is 3. The minimum atomic E-state index is -1.34. The second kappa shape index (κ2) is 10.4. The number of carbonyl (C=O) groups excluding carboxylic acids is 3. The van der Waals surface area contributed by atoms with Gasteiger partial charge in [-0.15, -0.1) is 0 Å². The van der Waals surface area contributed by atoms with Gasteiger partial charge >= 0.3 is 12.2 Å². The molecule has 0 aromatic heterocycles. The molecule has 12 heteroatoms. The molecule has 8 nitrogen and oxygen atoms in total. The highest BCUT2D eigenvalue weighted by Crippen LogP contribution is 2.30. The second-order valence-electron chi connectivity index (χ2n) is 9.28. The highest BCUT2D eigenvalue weighted by atomic mass is 35.5. The number of carbonyl (C=O) groups is 3. The van der Waals surface area contributed by atoms with Crippen LogP contribution < -0.4 is 16.0 Å². The summed E-state index contributed by atoms with van der Waals surface area (Å²) < 4.78 is 54.1. The molecule has 0 spiro atoms. The zero-order valence-corrected chi connectivity index (χ0v) is 20.6. The van der Waals surface area contributed by atoms with E-state index in [-0.39, 0.29) is 5.02 Å². The zero-order chi connectivity index (χ0) is 26.7. The number of amides is 3. The molecule has 0 fully saturated rings. The second-order valence-corrected chi connectivity index (χ2v) is 9.68. The third kappa shape index (κ3) is 7.78. The van der Waals surface area contributed by atoms with Crippen LogP contribution >= 0.6 is 11.6 Å². The molecule has 0 aliphatic heterocycles. The van der Waals surface area contributed by atoms with Gasteiger partial charge in [-0.3, -0.25) is 15.4 Å². The van der Waals surface area contributed by atoms with Crippen LogP contribution in [0.2, 0.25) is 5.02 Å². The van der Waals surface area contributed by atoms with Crippen LogP contribution in [0.5, 0.6) is 0 Å². The number of benzene rings is 2.